The Kier molecular flexibility index (Phi) is 6.97. The molecule has 0 aliphatic carbocycles. The molecule has 7 nitrogen and oxygen atoms in total. The van der Waals surface area contributed by atoms with Crippen LogP contribution < -0.4 is 9.64 Å². The molecule has 0 saturated carbocycles. The zero-order valence-electron chi connectivity index (χ0n) is 22.2. The number of benzene rings is 2. The zero-order chi connectivity index (χ0) is 26.8. The molecule has 192 valence electrons. The van der Waals surface area contributed by atoms with Gasteiger partial charge in [0.25, 0.3) is 0 Å². The van der Waals surface area contributed by atoms with Crippen LogP contribution in [0.15, 0.2) is 67.0 Å². The minimum absolute atomic E-state index is 0.128. The van der Waals surface area contributed by atoms with Crippen LogP contribution in [-0.2, 0) is 4.79 Å². The number of pyridine rings is 2. The molecule has 1 saturated heterocycles. The normalized spacial score (nSPS) is 17.3. The van der Waals surface area contributed by atoms with Gasteiger partial charge in [-0.15, -0.1) is 0 Å². The molecule has 1 aliphatic rings. The van der Waals surface area contributed by atoms with Gasteiger partial charge in [-0.2, -0.15) is 5.26 Å². The van der Waals surface area contributed by atoms with E-state index in [1.165, 1.54) is 0 Å². The van der Waals surface area contributed by atoms with Crippen LogP contribution in [0.4, 0.5) is 5.82 Å². The van der Waals surface area contributed by atoms with Crippen LogP contribution in [0.25, 0.3) is 33.2 Å². The first-order chi connectivity index (χ1) is 18.4. The zero-order valence-corrected chi connectivity index (χ0v) is 22.2. The van der Waals surface area contributed by atoms with E-state index in [0.717, 1.165) is 57.8 Å². The molecule has 0 N–H and O–H groups in total. The van der Waals surface area contributed by atoms with Crippen LogP contribution in [0.5, 0.6) is 5.75 Å². The number of hydrogen-bond acceptors (Lipinski definition) is 6. The van der Waals surface area contributed by atoms with E-state index in [1.54, 1.807) is 7.11 Å². The Morgan fingerprint density at radius 1 is 0.974 bits per heavy atom. The maximum absolute atomic E-state index is 12.4. The van der Waals surface area contributed by atoms with Gasteiger partial charge in [0, 0.05) is 66.1 Å². The Morgan fingerprint density at radius 2 is 1.68 bits per heavy atom. The molecule has 1 amide bonds. The summed E-state index contributed by atoms with van der Waals surface area (Å²) in [4.78, 5) is 26.2. The van der Waals surface area contributed by atoms with Crippen molar-refractivity contribution in [2.45, 2.75) is 39.3 Å². The number of para-hydroxylation sites is 1. The van der Waals surface area contributed by atoms with Crippen molar-refractivity contribution < 1.29 is 9.53 Å². The van der Waals surface area contributed by atoms with E-state index in [2.05, 4.69) is 30.9 Å². The van der Waals surface area contributed by atoms with Gasteiger partial charge in [0.1, 0.15) is 11.6 Å². The number of carbonyl (C=O) groups excluding carboxylic acids is 1. The second-order valence-electron chi connectivity index (χ2n) is 9.76. The highest BCUT2D eigenvalue weighted by atomic mass is 16.5. The van der Waals surface area contributed by atoms with Crippen LogP contribution in [0.2, 0.25) is 0 Å². The van der Waals surface area contributed by atoms with Crippen molar-refractivity contribution in [3.05, 3.63) is 72.6 Å². The summed E-state index contributed by atoms with van der Waals surface area (Å²) in [7, 11) is 1.67. The fourth-order valence-corrected chi connectivity index (χ4v) is 5.50. The van der Waals surface area contributed by atoms with Crippen molar-refractivity contribution in [3.8, 4) is 34.1 Å². The van der Waals surface area contributed by atoms with Gasteiger partial charge in [-0.25, -0.2) is 4.98 Å². The van der Waals surface area contributed by atoms with Crippen LogP contribution in [0, 0.1) is 11.3 Å². The van der Waals surface area contributed by atoms with Gasteiger partial charge in [0.2, 0.25) is 5.91 Å². The number of aromatic nitrogens is 2. The Labute approximate surface area is 223 Å². The highest BCUT2D eigenvalue weighted by molar-refractivity contribution is 6.00. The lowest BCUT2D eigenvalue weighted by atomic mass is 9.98. The fourth-order valence-electron chi connectivity index (χ4n) is 5.50. The summed E-state index contributed by atoms with van der Waals surface area (Å²) in [5, 5.41) is 10.0. The molecule has 0 unspecified atom stereocenters. The summed E-state index contributed by atoms with van der Waals surface area (Å²) in [5.41, 5.74) is 5.23. The number of amides is 1. The largest absolute Gasteiger partial charge is 0.495 e. The van der Waals surface area contributed by atoms with Crippen molar-refractivity contribution in [1.82, 2.24) is 14.9 Å². The van der Waals surface area contributed by atoms with Crippen molar-refractivity contribution in [2.75, 3.05) is 25.1 Å². The minimum Gasteiger partial charge on any atom is -0.495 e. The summed E-state index contributed by atoms with van der Waals surface area (Å²) < 4.78 is 5.90. The number of hydrogen-bond donors (Lipinski definition) is 0. The van der Waals surface area contributed by atoms with E-state index in [1.807, 2.05) is 72.7 Å². The Bertz CT molecular complexity index is 1500. The average molecular weight is 506 g/mol. The van der Waals surface area contributed by atoms with Gasteiger partial charge < -0.3 is 14.5 Å². The van der Waals surface area contributed by atoms with Crippen molar-refractivity contribution >= 4 is 22.6 Å². The molecule has 7 heteroatoms. The summed E-state index contributed by atoms with van der Waals surface area (Å²) in [6.07, 6.45) is 4.23. The lowest BCUT2D eigenvalue weighted by molar-refractivity contribution is -0.135. The van der Waals surface area contributed by atoms with Gasteiger partial charge in [0.15, 0.2) is 0 Å². The molecule has 38 heavy (non-hydrogen) atoms. The molecular weight excluding hydrogens is 474 g/mol. The van der Waals surface area contributed by atoms with E-state index >= 15 is 0 Å². The SMILES string of the molecule is CCC(=O)N1[C@H](C)CN(c2ccc(-c3cnc4c(-c5ccc(C#N)cc5)cccc4c3OC)cn2)C[C@@H]1C. The molecule has 1 aliphatic heterocycles. The maximum atomic E-state index is 12.4. The second-order valence-corrected chi connectivity index (χ2v) is 9.76. The Hall–Kier alpha value is -4.44. The summed E-state index contributed by atoms with van der Waals surface area (Å²) >= 11 is 0. The smallest absolute Gasteiger partial charge is 0.222 e. The molecule has 3 heterocycles. The van der Waals surface area contributed by atoms with E-state index in [4.69, 9.17) is 20.0 Å². The highest BCUT2D eigenvalue weighted by Gasteiger charge is 2.32. The summed E-state index contributed by atoms with van der Waals surface area (Å²) in [6, 6.07) is 20.1. The number of anilines is 1. The molecule has 0 radical (unpaired) electrons. The number of carbonyl (C=O) groups is 1. The molecule has 5 rings (SSSR count). The number of nitrogens with zero attached hydrogens (tertiary/aromatic N) is 5. The third-order valence-electron chi connectivity index (χ3n) is 7.27. The first-order valence-electron chi connectivity index (χ1n) is 12.9. The first kappa shape index (κ1) is 25.2. The fraction of sp³-hybridized carbons (Fsp3) is 0.290. The lowest BCUT2D eigenvalue weighted by Crippen LogP contribution is -2.58. The van der Waals surface area contributed by atoms with Gasteiger partial charge in [-0.05, 0) is 49.7 Å². The van der Waals surface area contributed by atoms with Crippen LogP contribution in [0.3, 0.4) is 0 Å². The van der Waals surface area contributed by atoms with E-state index in [9.17, 15) is 4.79 Å². The number of ether oxygens (including phenoxy) is 1. The van der Waals surface area contributed by atoms with Crippen molar-refractivity contribution in [3.63, 3.8) is 0 Å². The Balaban J connectivity index is 1.45. The monoisotopic (exact) mass is 505 g/mol. The molecular formula is C31H31N5O2. The molecule has 4 aromatic rings. The maximum Gasteiger partial charge on any atom is 0.222 e. The summed E-state index contributed by atoms with van der Waals surface area (Å²) in [5.74, 6) is 1.84. The number of rotatable bonds is 5. The quantitative estimate of drug-likeness (QED) is 0.347. The minimum atomic E-state index is 0.128. The molecule has 1 fully saturated rings. The molecule has 2 atom stereocenters. The van der Waals surface area contributed by atoms with Crippen LogP contribution in [-0.4, -0.2) is 53.1 Å². The van der Waals surface area contributed by atoms with Crippen LogP contribution >= 0.6 is 0 Å². The van der Waals surface area contributed by atoms with Gasteiger partial charge in [-0.3, -0.25) is 9.78 Å². The molecule has 2 aromatic carbocycles. The number of piperazine rings is 1. The first-order valence-corrected chi connectivity index (χ1v) is 12.9. The Morgan fingerprint density at radius 3 is 2.29 bits per heavy atom. The number of nitriles is 1. The predicted octanol–water partition coefficient (Wildman–Crippen LogP) is 5.68. The third kappa shape index (κ3) is 4.54. The third-order valence-corrected chi connectivity index (χ3v) is 7.27. The van der Waals surface area contributed by atoms with Gasteiger partial charge in [-0.1, -0.05) is 31.2 Å². The van der Waals surface area contributed by atoms with Crippen molar-refractivity contribution in [2.24, 2.45) is 0 Å². The topological polar surface area (TPSA) is 82.4 Å². The van der Waals surface area contributed by atoms with E-state index in [0.29, 0.717) is 12.0 Å². The average Bonchev–Trinajstić information content (AvgIpc) is 2.95. The lowest BCUT2D eigenvalue weighted by Gasteiger charge is -2.45. The molecule has 2 aromatic heterocycles. The van der Waals surface area contributed by atoms with E-state index < -0.39 is 0 Å². The molecule has 0 spiro atoms. The predicted molar refractivity (Wildman–Crippen MR) is 150 cm³/mol. The highest BCUT2D eigenvalue weighted by Crippen LogP contribution is 2.39. The van der Waals surface area contributed by atoms with Crippen molar-refractivity contribution in [1.29, 1.82) is 5.26 Å². The summed E-state index contributed by atoms with van der Waals surface area (Å²) in [6.45, 7) is 7.62. The van der Waals surface area contributed by atoms with Gasteiger partial charge >= 0.3 is 0 Å². The van der Waals surface area contributed by atoms with Gasteiger partial charge in [0.05, 0.1) is 24.3 Å². The van der Waals surface area contributed by atoms with E-state index in [-0.39, 0.29) is 18.0 Å². The molecule has 0 bridgehead atoms. The number of fused-ring (bicyclic) bond motifs is 1. The standard InChI is InChI=1S/C31H31N5O2/c1-5-29(37)36-20(2)18-35(19-21(36)3)28-14-13-24(16-33-28)27-17-34-30-25(7-6-8-26(30)31(27)38-4)23-11-9-22(15-32)10-12-23/h6-14,16-17,20-21H,5,18-19H2,1-4H3/t20-,21+. The second kappa shape index (κ2) is 10.5. The van der Waals surface area contributed by atoms with Crippen LogP contribution in [0.1, 0.15) is 32.8 Å². The number of methoxy groups -OCH3 is 1.